The minimum absolute atomic E-state index is 0.315. The van der Waals surface area contributed by atoms with Crippen molar-refractivity contribution in [1.82, 2.24) is 10.9 Å². The summed E-state index contributed by atoms with van der Waals surface area (Å²) in [5, 5.41) is 0. The molecule has 1 aliphatic heterocycles. The molecule has 3 nitrogen and oxygen atoms in total. The zero-order valence-corrected chi connectivity index (χ0v) is 7.94. The van der Waals surface area contributed by atoms with Gasteiger partial charge in [-0.05, 0) is 13.3 Å². The summed E-state index contributed by atoms with van der Waals surface area (Å²) < 4.78 is 0. The van der Waals surface area contributed by atoms with Crippen LogP contribution in [0.15, 0.2) is 4.99 Å². The topological polar surface area (TPSA) is 36.4 Å². The first kappa shape index (κ1) is 10.4. The Balaban J connectivity index is 0.000000461. The number of hydrogen-bond acceptors (Lipinski definition) is 3. The van der Waals surface area contributed by atoms with Crippen molar-refractivity contribution in [2.75, 3.05) is 0 Å². The lowest BCUT2D eigenvalue weighted by Gasteiger charge is -2.02. The Morgan fingerprint density at radius 2 is 2.09 bits per heavy atom. The van der Waals surface area contributed by atoms with Gasteiger partial charge in [-0.25, -0.2) is 5.43 Å². The number of rotatable bonds is 2. The molecule has 0 radical (unpaired) electrons. The van der Waals surface area contributed by atoms with Crippen molar-refractivity contribution in [1.29, 1.82) is 0 Å². The van der Waals surface area contributed by atoms with Crippen LogP contribution in [-0.4, -0.2) is 12.0 Å². The fourth-order valence-corrected chi connectivity index (χ4v) is 0.896. The predicted octanol–water partition coefficient (Wildman–Crippen LogP) is 1.66. The summed E-state index contributed by atoms with van der Waals surface area (Å²) in [7, 11) is 0. The lowest BCUT2D eigenvalue weighted by molar-refractivity contribution is 0.507. The Labute approximate surface area is 69.3 Å². The summed E-state index contributed by atoms with van der Waals surface area (Å²) in [6.07, 6.45) is 2.61. The highest BCUT2D eigenvalue weighted by atomic mass is 15.5. The molecule has 66 valence electrons. The van der Waals surface area contributed by atoms with Crippen molar-refractivity contribution in [3.8, 4) is 0 Å². The average Bonchev–Trinajstić information content (AvgIpc) is 2.41. The van der Waals surface area contributed by atoms with Gasteiger partial charge in [-0.1, -0.05) is 27.2 Å². The Morgan fingerprint density at radius 3 is 2.45 bits per heavy atom. The standard InChI is InChI=1S/C6H13N3.C2H6/c1-3-4-6-7-5(2)8-9-6;1-2/h6,9H,3-4H2,1-2H3,(H,7,8);1-2H3. The maximum Gasteiger partial charge on any atom is 0.118 e. The quantitative estimate of drug-likeness (QED) is 0.639. The molecule has 1 heterocycles. The van der Waals surface area contributed by atoms with Crippen LogP contribution < -0.4 is 10.9 Å². The van der Waals surface area contributed by atoms with Gasteiger partial charge in [-0.15, -0.1) is 0 Å². The summed E-state index contributed by atoms with van der Waals surface area (Å²) in [6, 6.07) is 0. The minimum Gasteiger partial charge on any atom is -0.308 e. The van der Waals surface area contributed by atoms with Gasteiger partial charge in [0, 0.05) is 0 Å². The molecule has 2 N–H and O–H groups in total. The highest BCUT2D eigenvalue weighted by Gasteiger charge is 2.09. The number of amidine groups is 1. The van der Waals surface area contributed by atoms with E-state index in [4.69, 9.17) is 0 Å². The molecule has 3 heteroatoms. The summed E-state index contributed by atoms with van der Waals surface area (Å²) in [6.45, 7) is 8.12. The molecule has 11 heavy (non-hydrogen) atoms. The summed E-state index contributed by atoms with van der Waals surface area (Å²) >= 11 is 0. The maximum atomic E-state index is 4.27. The molecule has 0 aromatic rings. The molecular weight excluding hydrogens is 138 g/mol. The van der Waals surface area contributed by atoms with E-state index in [-0.39, 0.29) is 0 Å². The number of hydrogen-bond donors (Lipinski definition) is 2. The van der Waals surface area contributed by atoms with E-state index in [2.05, 4.69) is 22.8 Å². The van der Waals surface area contributed by atoms with Crippen LogP contribution in [0.4, 0.5) is 0 Å². The number of nitrogens with zero attached hydrogens (tertiary/aromatic N) is 1. The predicted molar refractivity (Wildman–Crippen MR) is 49.4 cm³/mol. The second-order valence-electron chi connectivity index (χ2n) is 2.29. The third-order valence-electron chi connectivity index (χ3n) is 1.33. The van der Waals surface area contributed by atoms with E-state index in [1.165, 1.54) is 6.42 Å². The normalized spacial score (nSPS) is 21.5. The van der Waals surface area contributed by atoms with Crippen molar-refractivity contribution in [2.24, 2.45) is 4.99 Å². The zero-order valence-electron chi connectivity index (χ0n) is 7.94. The highest BCUT2D eigenvalue weighted by molar-refractivity contribution is 5.80. The van der Waals surface area contributed by atoms with E-state index < -0.39 is 0 Å². The first-order chi connectivity index (χ1) is 5.33. The maximum absolute atomic E-state index is 4.27. The van der Waals surface area contributed by atoms with Gasteiger partial charge < -0.3 is 5.43 Å². The van der Waals surface area contributed by atoms with Crippen LogP contribution in [0.1, 0.15) is 40.5 Å². The largest absolute Gasteiger partial charge is 0.308 e. The van der Waals surface area contributed by atoms with E-state index in [1.54, 1.807) is 0 Å². The molecule has 0 amide bonds. The Kier molecular flexibility index (Phi) is 5.84. The van der Waals surface area contributed by atoms with Crippen molar-refractivity contribution < 1.29 is 0 Å². The molecule has 1 unspecified atom stereocenters. The monoisotopic (exact) mass is 157 g/mol. The number of hydrazine groups is 1. The van der Waals surface area contributed by atoms with Crippen LogP contribution in [0.3, 0.4) is 0 Å². The molecule has 0 bridgehead atoms. The van der Waals surface area contributed by atoms with Gasteiger partial charge >= 0.3 is 0 Å². The Hall–Kier alpha value is -0.570. The van der Waals surface area contributed by atoms with Crippen molar-refractivity contribution >= 4 is 5.84 Å². The molecule has 0 aromatic carbocycles. The van der Waals surface area contributed by atoms with E-state index in [9.17, 15) is 0 Å². The van der Waals surface area contributed by atoms with Crippen LogP contribution in [0.2, 0.25) is 0 Å². The second kappa shape index (κ2) is 6.16. The van der Waals surface area contributed by atoms with Crippen LogP contribution in [0.25, 0.3) is 0 Å². The molecule has 0 saturated carbocycles. The molecule has 0 fully saturated rings. The lowest BCUT2D eigenvalue weighted by Crippen LogP contribution is -2.33. The fourth-order valence-electron chi connectivity index (χ4n) is 0.896. The Bertz CT molecular complexity index is 121. The van der Waals surface area contributed by atoms with Gasteiger partial charge in [0.05, 0.1) is 0 Å². The van der Waals surface area contributed by atoms with Crippen LogP contribution in [-0.2, 0) is 0 Å². The number of nitrogens with one attached hydrogen (secondary N) is 2. The second-order valence-corrected chi connectivity index (χ2v) is 2.29. The third kappa shape index (κ3) is 3.98. The van der Waals surface area contributed by atoms with Gasteiger partial charge in [0.1, 0.15) is 12.0 Å². The lowest BCUT2D eigenvalue weighted by atomic mass is 10.3. The smallest absolute Gasteiger partial charge is 0.118 e. The molecule has 0 saturated heterocycles. The summed E-state index contributed by atoms with van der Waals surface area (Å²) in [5.41, 5.74) is 6.01. The van der Waals surface area contributed by atoms with E-state index in [0.717, 1.165) is 12.3 Å². The highest BCUT2D eigenvalue weighted by Crippen LogP contribution is 2.00. The average molecular weight is 157 g/mol. The Morgan fingerprint density at radius 1 is 1.45 bits per heavy atom. The van der Waals surface area contributed by atoms with Gasteiger partial charge in [0.15, 0.2) is 0 Å². The molecule has 0 aliphatic carbocycles. The van der Waals surface area contributed by atoms with Crippen molar-refractivity contribution in [2.45, 2.75) is 46.7 Å². The third-order valence-corrected chi connectivity index (χ3v) is 1.33. The van der Waals surface area contributed by atoms with Gasteiger partial charge in [0.25, 0.3) is 0 Å². The first-order valence-corrected chi connectivity index (χ1v) is 4.39. The van der Waals surface area contributed by atoms with Gasteiger partial charge in [-0.2, -0.15) is 0 Å². The minimum atomic E-state index is 0.315. The number of aliphatic imine (C=N–C) groups is 1. The van der Waals surface area contributed by atoms with Crippen LogP contribution in [0.5, 0.6) is 0 Å². The molecular formula is C8H19N3. The first-order valence-electron chi connectivity index (χ1n) is 4.39. The summed E-state index contributed by atoms with van der Waals surface area (Å²) in [5.74, 6) is 0.994. The SMILES string of the molecule is CC.CCCC1N=C(C)NN1. The van der Waals surface area contributed by atoms with E-state index >= 15 is 0 Å². The summed E-state index contributed by atoms with van der Waals surface area (Å²) in [4.78, 5) is 4.27. The molecule has 0 spiro atoms. The fraction of sp³-hybridized carbons (Fsp3) is 0.875. The van der Waals surface area contributed by atoms with Gasteiger partial charge in [-0.3, -0.25) is 4.99 Å². The molecule has 1 rings (SSSR count). The van der Waals surface area contributed by atoms with E-state index in [1.807, 2.05) is 20.8 Å². The molecule has 0 aromatic heterocycles. The zero-order chi connectivity index (χ0) is 8.69. The van der Waals surface area contributed by atoms with Crippen LogP contribution in [0, 0.1) is 0 Å². The van der Waals surface area contributed by atoms with Crippen LogP contribution >= 0.6 is 0 Å². The molecule has 1 atom stereocenters. The van der Waals surface area contributed by atoms with Crippen molar-refractivity contribution in [3.63, 3.8) is 0 Å². The molecule has 1 aliphatic rings. The van der Waals surface area contributed by atoms with Crippen molar-refractivity contribution in [3.05, 3.63) is 0 Å². The van der Waals surface area contributed by atoms with Gasteiger partial charge in [0.2, 0.25) is 0 Å². The van der Waals surface area contributed by atoms with E-state index in [0.29, 0.717) is 6.17 Å².